The van der Waals surface area contributed by atoms with Gasteiger partial charge in [0.05, 0.1) is 21.4 Å². The van der Waals surface area contributed by atoms with Crippen LogP contribution in [0, 0.1) is 6.92 Å². The number of para-hydroxylation sites is 1. The van der Waals surface area contributed by atoms with Crippen molar-refractivity contribution >= 4 is 40.4 Å². The molecule has 0 saturated heterocycles. The number of anilines is 1. The second kappa shape index (κ2) is 6.83. The van der Waals surface area contributed by atoms with Gasteiger partial charge in [0.15, 0.2) is 0 Å². The van der Waals surface area contributed by atoms with E-state index in [4.69, 9.17) is 23.2 Å². The van der Waals surface area contributed by atoms with E-state index in [1.807, 2.05) is 29.7 Å². The molecule has 24 heavy (non-hydrogen) atoms. The number of carbonyl (C=O) groups is 1. The minimum Gasteiger partial charge on any atom is -0.318 e. The number of amides is 1. The highest BCUT2D eigenvalue weighted by Gasteiger charge is 2.20. The summed E-state index contributed by atoms with van der Waals surface area (Å²) in [5.41, 5.74) is 3.50. The first-order valence-corrected chi connectivity index (χ1v) is 8.49. The van der Waals surface area contributed by atoms with Crippen molar-refractivity contribution in [2.75, 3.05) is 5.32 Å². The van der Waals surface area contributed by atoms with Crippen LogP contribution in [-0.2, 0) is 6.42 Å². The van der Waals surface area contributed by atoms with Crippen molar-refractivity contribution < 1.29 is 4.79 Å². The molecule has 3 rings (SSSR count). The van der Waals surface area contributed by atoms with Gasteiger partial charge in [0.2, 0.25) is 0 Å². The highest BCUT2D eigenvalue weighted by atomic mass is 35.5. The summed E-state index contributed by atoms with van der Waals surface area (Å²) in [6.07, 6.45) is 3.53. The predicted octanol–water partition coefficient (Wildman–Crippen LogP) is 5.15. The van der Waals surface area contributed by atoms with Gasteiger partial charge in [0, 0.05) is 6.20 Å². The van der Waals surface area contributed by atoms with Crippen molar-refractivity contribution in [1.82, 2.24) is 9.38 Å². The number of hydrogen-bond acceptors (Lipinski definition) is 2. The maximum atomic E-state index is 12.9. The zero-order chi connectivity index (χ0) is 17.3. The second-order valence-corrected chi connectivity index (χ2v) is 6.46. The van der Waals surface area contributed by atoms with E-state index >= 15 is 0 Å². The maximum Gasteiger partial charge on any atom is 0.274 e. The van der Waals surface area contributed by atoms with Gasteiger partial charge in [0.1, 0.15) is 11.3 Å². The number of fused-ring (bicyclic) bond motifs is 1. The Balaban J connectivity index is 2.08. The van der Waals surface area contributed by atoms with Crippen LogP contribution in [0.15, 0.2) is 36.5 Å². The molecule has 1 N–H and O–H groups in total. The average molecular weight is 362 g/mol. The monoisotopic (exact) mass is 361 g/mol. The Morgan fingerprint density at radius 1 is 1.21 bits per heavy atom. The number of pyridine rings is 1. The van der Waals surface area contributed by atoms with E-state index in [1.54, 1.807) is 18.2 Å². The molecule has 0 aliphatic carbocycles. The third-order valence-electron chi connectivity index (χ3n) is 3.74. The van der Waals surface area contributed by atoms with E-state index in [2.05, 4.69) is 17.2 Å². The Hall–Kier alpha value is -2.04. The van der Waals surface area contributed by atoms with Gasteiger partial charge in [-0.25, -0.2) is 4.98 Å². The summed E-state index contributed by atoms with van der Waals surface area (Å²) in [7, 11) is 0. The molecule has 0 fully saturated rings. The van der Waals surface area contributed by atoms with Crippen molar-refractivity contribution in [3.05, 3.63) is 63.5 Å². The molecule has 1 amide bonds. The van der Waals surface area contributed by atoms with Gasteiger partial charge in [-0.15, -0.1) is 0 Å². The minimum atomic E-state index is -0.272. The number of imidazole rings is 1. The Morgan fingerprint density at radius 3 is 2.58 bits per heavy atom. The first kappa shape index (κ1) is 16.8. The maximum absolute atomic E-state index is 12.9. The van der Waals surface area contributed by atoms with Gasteiger partial charge in [0.25, 0.3) is 5.91 Å². The van der Waals surface area contributed by atoms with Crippen LogP contribution < -0.4 is 5.32 Å². The lowest BCUT2D eigenvalue weighted by atomic mass is 10.2. The minimum absolute atomic E-state index is 0.272. The van der Waals surface area contributed by atoms with Crippen molar-refractivity contribution in [3.8, 4) is 0 Å². The number of aromatic nitrogens is 2. The third kappa shape index (κ3) is 3.12. The molecule has 2 heterocycles. The summed E-state index contributed by atoms with van der Waals surface area (Å²) >= 11 is 12.3. The Bertz CT molecular complexity index is 898. The molecule has 0 radical (unpaired) electrons. The average Bonchev–Trinajstić information content (AvgIpc) is 2.88. The molecule has 124 valence electrons. The van der Waals surface area contributed by atoms with Gasteiger partial charge in [-0.1, -0.05) is 48.7 Å². The number of benzene rings is 1. The lowest BCUT2D eigenvalue weighted by Crippen LogP contribution is -2.17. The molecular formula is C18H17Cl2N3O. The fourth-order valence-electron chi connectivity index (χ4n) is 2.64. The fraction of sp³-hybridized carbons (Fsp3) is 0.222. The molecule has 3 aromatic rings. The quantitative estimate of drug-likeness (QED) is 0.697. The summed E-state index contributed by atoms with van der Waals surface area (Å²) < 4.78 is 1.82. The highest BCUT2D eigenvalue weighted by Crippen LogP contribution is 2.30. The van der Waals surface area contributed by atoms with E-state index in [9.17, 15) is 4.79 Å². The zero-order valence-electron chi connectivity index (χ0n) is 13.4. The number of halogens is 2. The van der Waals surface area contributed by atoms with E-state index in [-0.39, 0.29) is 5.91 Å². The number of aryl methyl sites for hydroxylation is 2. The van der Waals surface area contributed by atoms with E-state index in [0.29, 0.717) is 21.4 Å². The molecule has 0 aliphatic rings. The van der Waals surface area contributed by atoms with Crippen LogP contribution in [0.2, 0.25) is 10.0 Å². The largest absolute Gasteiger partial charge is 0.318 e. The lowest BCUT2D eigenvalue weighted by Gasteiger charge is -2.10. The summed E-state index contributed by atoms with van der Waals surface area (Å²) in [6, 6.07) is 9.00. The molecule has 0 spiro atoms. The van der Waals surface area contributed by atoms with E-state index in [0.717, 1.165) is 29.7 Å². The van der Waals surface area contributed by atoms with Crippen molar-refractivity contribution in [3.63, 3.8) is 0 Å². The molecule has 2 aromatic heterocycles. The first-order valence-electron chi connectivity index (χ1n) is 7.74. The number of hydrogen-bond donors (Lipinski definition) is 1. The molecule has 0 unspecified atom stereocenters. The normalized spacial score (nSPS) is 11.0. The van der Waals surface area contributed by atoms with Crippen molar-refractivity contribution in [2.45, 2.75) is 26.7 Å². The number of nitrogens with zero attached hydrogens (tertiary/aromatic N) is 2. The summed E-state index contributed by atoms with van der Waals surface area (Å²) in [6.45, 7) is 4.04. The molecule has 0 aliphatic heterocycles. The third-order valence-corrected chi connectivity index (χ3v) is 4.37. The summed E-state index contributed by atoms with van der Waals surface area (Å²) in [5.74, 6) is -0.272. The van der Waals surface area contributed by atoms with Crippen LogP contribution in [0.3, 0.4) is 0 Å². The van der Waals surface area contributed by atoms with Gasteiger partial charge in [-0.3, -0.25) is 9.20 Å². The topological polar surface area (TPSA) is 46.4 Å². The molecule has 0 saturated carbocycles. The van der Waals surface area contributed by atoms with Crippen LogP contribution in [0.25, 0.3) is 5.65 Å². The molecule has 0 atom stereocenters. The predicted molar refractivity (Wildman–Crippen MR) is 98.3 cm³/mol. The Labute approximate surface area is 150 Å². The number of rotatable bonds is 4. The Kier molecular flexibility index (Phi) is 4.78. The van der Waals surface area contributed by atoms with Crippen molar-refractivity contribution in [2.24, 2.45) is 0 Å². The molecule has 6 heteroatoms. The lowest BCUT2D eigenvalue weighted by molar-refractivity contribution is 0.102. The van der Waals surface area contributed by atoms with E-state index in [1.165, 1.54) is 0 Å². The number of nitrogens with one attached hydrogen (secondary N) is 1. The van der Waals surface area contributed by atoms with Crippen LogP contribution in [0.1, 0.15) is 35.1 Å². The smallest absolute Gasteiger partial charge is 0.274 e. The van der Waals surface area contributed by atoms with Gasteiger partial charge in [-0.05, 0) is 37.1 Å². The van der Waals surface area contributed by atoms with Gasteiger partial charge >= 0.3 is 0 Å². The van der Waals surface area contributed by atoms with Crippen LogP contribution in [0.4, 0.5) is 5.69 Å². The number of carbonyl (C=O) groups excluding carboxylic acids is 1. The zero-order valence-corrected chi connectivity index (χ0v) is 14.9. The van der Waals surface area contributed by atoms with Crippen LogP contribution in [0.5, 0.6) is 0 Å². The van der Waals surface area contributed by atoms with Crippen LogP contribution in [-0.4, -0.2) is 15.3 Å². The van der Waals surface area contributed by atoms with Crippen LogP contribution >= 0.6 is 23.2 Å². The standard InChI is InChI=1S/C18H17Cl2N3O/c1-3-5-14-17(23-10-11(2)8-9-15(23)21-14)18(24)22-16-12(19)6-4-7-13(16)20/h4,6-10H,3,5H2,1-2H3,(H,22,24). The summed E-state index contributed by atoms with van der Waals surface area (Å²) in [4.78, 5) is 17.5. The molecule has 4 nitrogen and oxygen atoms in total. The fourth-order valence-corrected chi connectivity index (χ4v) is 3.13. The molecule has 0 bridgehead atoms. The highest BCUT2D eigenvalue weighted by molar-refractivity contribution is 6.40. The summed E-state index contributed by atoms with van der Waals surface area (Å²) in [5, 5.41) is 3.63. The first-order chi connectivity index (χ1) is 11.5. The van der Waals surface area contributed by atoms with E-state index < -0.39 is 0 Å². The Morgan fingerprint density at radius 2 is 1.92 bits per heavy atom. The second-order valence-electron chi connectivity index (χ2n) is 5.64. The molecular weight excluding hydrogens is 345 g/mol. The molecule has 1 aromatic carbocycles. The SMILES string of the molecule is CCCc1nc2ccc(C)cn2c1C(=O)Nc1c(Cl)cccc1Cl. The van der Waals surface area contributed by atoms with Crippen molar-refractivity contribution in [1.29, 1.82) is 0 Å². The van der Waals surface area contributed by atoms with Gasteiger partial charge < -0.3 is 5.32 Å². The van der Waals surface area contributed by atoms with Gasteiger partial charge in [-0.2, -0.15) is 0 Å².